The zero-order valence-corrected chi connectivity index (χ0v) is 12.8. The number of hydrogen-bond donors (Lipinski definition) is 1. The van der Waals surface area contributed by atoms with Gasteiger partial charge in [0.1, 0.15) is 5.75 Å². The lowest BCUT2D eigenvalue weighted by Crippen LogP contribution is -2.39. The average molecular weight is 289 g/mol. The van der Waals surface area contributed by atoms with Crippen LogP contribution in [0.1, 0.15) is 54.9 Å². The Morgan fingerprint density at radius 2 is 1.95 bits per heavy atom. The molecule has 0 aliphatic heterocycles. The summed E-state index contributed by atoms with van der Waals surface area (Å²) >= 11 is 0. The molecule has 1 aliphatic carbocycles. The van der Waals surface area contributed by atoms with Crippen molar-refractivity contribution in [2.24, 2.45) is 0 Å². The lowest BCUT2D eigenvalue weighted by Gasteiger charge is -2.22. The van der Waals surface area contributed by atoms with Crippen molar-refractivity contribution in [3.05, 3.63) is 29.3 Å². The fourth-order valence-electron chi connectivity index (χ4n) is 2.69. The maximum Gasteiger partial charge on any atom is 0.258 e. The number of nitrogens with one attached hydrogen (secondary N) is 1. The molecule has 0 radical (unpaired) electrons. The highest BCUT2D eigenvalue weighted by Crippen LogP contribution is 2.20. The number of aryl methyl sites for hydroxylation is 1. The minimum absolute atomic E-state index is 0.0246. The van der Waals surface area contributed by atoms with Crippen molar-refractivity contribution in [1.82, 2.24) is 5.32 Å². The van der Waals surface area contributed by atoms with Crippen LogP contribution in [0.2, 0.25) is 0 Å². The van der Waals surface area contributed by atoms with Crippen molar-refractivity contribution in [3.63, 3.8) is 0 Å². The minimum Gasteiger partial charge on any atom is -0.484 e. The molecule has 2 rings (SSSR count). The highest BCUT2D eigenvalue weighted by atomic mass is 16.5. The normalized spacial score (nSPS) is 15.5. The maximum absolute atomic E-state index is 11.9. The molecule has 1 N–H and O–H groups in total. The smallest absolute Gasteiger partial charge is 0.258 e. The first kappa shape index (κ1) is 15.5. The zero-order valence-electron chi connectivity index (χ0n) is 12.8. The molecule has 1 saturated carbocycles. The lowest BCUT2D eigenvalue weighted by molar-refractivity contribution is -0.124. The molecular formula is C17H23NO3. The number of amides is 1. The van der Waals surface area contributed by atoms with Crippen LogP contribution in [0.5, 0.6) is 5.75 Å². The van der Waals surface area contributed by atoms with E-state index >= 15 is 0 Å². The molecule has 0 atom stereocenters. The Morgan fingerprint density at radius 1 is 1.24 bits per heavy atom. The molecule has 0 bridgehead atoms. The summed E-state index contributed by atoms with van der Waals surface area (Å²) in [6, 6.07) is 5.57. The van der Waals surface area contributed by atoms with Crippen LogP contribution in [-0.4, -0.2) is 24.3 Å². The summed E-state index contributed by atoms with van der Waals surface area (Å²) in [6.07, 6.45) is 5.79. The molecule has 4 nitrogen and oxygen atoms in total. The number of rotatable bonds is 5. The summed E-state index contributed by atoms with van der Waals surface area (Å²) < 4.78 is 5.55. The van der Waals surface area contributed by atoms with Gasteiger partial charge in [0.15, 0.2) is 12.4 Å². The van der Waals surface area contributed by atoms with Gasteiger partial charge in [0.05, 0.1) is 0 Å². The van der Waals surface area contributed by atoms with Crippen molar-refractivity contribution in [2.45, 2.75) is 52.0 Å². The van der Waals surface area contributed by atoms with E-state index in [2.05, 4.69) is 5.32 Å². The summed E-state index contributed by atoms with van der Waals surface area (Å²) in [7, 11) is 0. The third-order valence-corrected chi connectivity index (χ3v) is 3.91. The highest BCUT2D eigenvalue weighted by molar-refractivity contribution is 5.94. The number of benzene rings is 1. The number of ether oxygens (including phenoxy) is 1. The number of carbonyl (C=O) groups is 2. The Morgan fingerprint density at radius 3 is 2.57 bits per heavy atom. The Kier molecular flexibility index (Phi) is 5.37. The molecule has 1 aliphatic rings. The van der Waals surface area contributed by atoms with Gasteiger partial charge in [0.2, 0.25) is 0 Å². The number of ketones is 1. The van der Waals surface area contributed by atoms with Crippen molar-refractivity contribution >= 4 is 11.7 Å². The van der Waals surface area contributed by atoms with E-state index in [0.717, 1.165) is 18.4 Å². The first-order valence-electron chi connectivity index (χ1n) is 7.60. The largest absolute Gasteiger partial charge is 0.484 e. The van der Waals surface area contributed by atoms with Crippen LogP contribution < -0.4 is 10.1 Å². The molecule has 0 aromatic heterocycles. The van der Waals surface area contributed by atoms with Crippen molar-refractivity contribution in [2.75, 3.05) is 6.61 Å². The third kappa shape index (κ3) is 4.59. The number of carbonyl (C=O) groups excluding carboxylic acids is 2. The van der Waals surface area contributed by atoms with Crippen LogP contribution in [-0.2, 0) is 4.79 Å². The van der Waals surface area contributed by atoms with Crippen LogP contribution >= 0.6 is 0 Å². The van der Waals surface area contributed by atoms with E-state index in [9.17, 15) is 9.59 Å². The van der Waals surface area contributed by atoms with Gasteiger partial charge in [-0.15, -0.1) is 0 Å². The summed E-state index contributed by atoms with van der Waals surface area (Å²) in [5.74, 6) is 0.607. The molecule has 1 amide bonds. The molecule has 0 spiro atoms. The summed E-state index contributed by atoms with van der Waals surface area (Å²) in [6.45, 7) is 3.44. The standard InChI is InChI=1S/C17H23NO3/c1-12-10-14(13(2)19)8-9-16(12)21-11-17(20)18-15-6-4-3-5-7-15/h8-10,15H,3-7,11H2,1-2H3,(H,18,20). The first-order valence-corrected chi connectivity index (χ1v) is 7.60. The average Bonchev–Trinajstić information content (AvgIpc) is 2.47. The fraction of sp³-hybridized carbons (Fsp3) is 0.529. The Hall–Kier alpha value is -1.84. The second kappa shape index (κ2) is 7.25. The lowest BCUT2D eigenvalue weighted by atomic mass is 9.95. The van der Waals surface area contributed by atoms with Gasteiger partial charge in [-0.05, 0) is 50.5 Å². The van der Waals surface area contributed by atoms with Crippen LogP contribution in [0.25, 0.3) is 0 Å². The zero-order chi connectivity index (χ0) is 15.2. The van der Waals surface area contributed by atoms with E-state index < -0.39 is 0 Å². The van der Waals surface area contributed by atoms with E-state index in [4.69, 9.17) is 4.74 Å². The molecule has 21 heavy (non-hydrogen) atoms. The van der Waals surface area contributed by atoms with Crippen molar-refractivity contribution in [3.8, 4) is 5.75 Å². The maximum atomic E-state index is 11.9. The summed E-state index contributed by atoms with van der Waals surface area (Å²) in [5, 5.41) is 3.02. The van der Waals surface area contributed by atoms with Gasteiger partial charge in [-0.1, -0.05) is 19.3 Å². The summed E-state index contributed by atoms with van der Waals surface area (Å²) in [4.78, 5) is 23.2. The van der Waals surface area contributed by atoms with Gasteiger partial charge in [0, 0.05) is 11.6 Å². The van der Waals surface area contributed by atoms with Crippen LogP contribution in [0.15, 0.2) is 18.2 Å². The molecule has 1 aromatic carbocycles. The molecule has 4 heteroatoms. The summed E-state index contributed by atoms with van der Waals surface area (Å²) in [5.41, 5.74) is 1.53. The topological polar surface area (TPSA) is 55.4 Å². The van der Waals surface area contributed by atoms with E-state index in [-0.39, 0.29) is 18.3 Å². The second-order valence-electron chi connectivity index (χ2n) is 5.73. The van der Waals surface area contributed by atoms with Crippen LogP contribution in [0, 0.1) is 6.92 Å². The van der Waals surface area contributed by atoms with E-state index in [1.165, 1.54) is 26.2 Å². The predicted molar refractivity (Wildman–Crippen MR) is 81.7 cm³/mol. The van der Waals surface area contributed by atoms with Crippen LogP contribution in [0.4, 0.5) is 0 Å². The first-order chi connectivity index (χ1) is 10.1. The highest BCUT2D eigenvalue weighted by Gasteiger charge is 2.16. The van der Waals surface area contributed by atoms with E-state index in [1.807, 2.05) is 6.92 Å². The van der Waals surface area contributed by atoms with Gasteiger partial charge in [-0.3, -0.25) is 9.59 Å². The van der Waals surface area contributed by atoms with E-state index in [0.29, 0.717) is 17.4 Å². The van der Waals surface area contributed by atoms with Gasteiger partial charge in [0.25, 0.3) is 5.91 Å². The third-order valence-electron chi connectivity index (χ3n) is 3.91. The van der Waals surface area contributed by atoms with Gasteiger partial charge >= 0.3 is 0 Å². The van der Waals surface area contributed by atoms with Gasteiger partial charge in [-0.25, -0.2) is 0 Å². The minimum atomic E-state index is -0.0723. The Bertz CT molecular complexity index is 519. The SMILES string of the molecule is CC(=O)c1ccc(OCC(=O)NC2CCCCC2)c(C)c1. The van der Waals surface area contributed by atoms with Gasteiger partial charge < -0.3 is 10.1 Å². The molecule has 0 saturated heterocycles. The molecule has 0 unspecified atom stereocenters. The predicted octanol–water partition coefficient (Wildman–Crippen LogP) is 3.03. The monoisotopic (exact) mass is 289 g/mol. The fourth-order valence-corrected chi connectivity index (χ4v) is 2.69. The molecule has 0 heterocycles. The van der Waals surface area contributed by atoms with Gasteiger partial charge in [-0.2, -0.15) is 0 Å². The molecule has 114 valence electrons. The quantitative estimate of drug-likeness (QED) is 0.848. The Balaban J connectivity index is 1.84. The molecule has 1 fully saturated rings. The Labute approximate surface area is 125 Å². The van der Waals surface area contributed by atoms with Crippen molar-refractivity contribution < 1.29 is 14.3 Å². The van der Waals surface area contributed by atoms with Crippen molar-refractivity contribution in [1.29, 1.82) is 0 Å². The molecular weight excluding hydrogens is 266 g/mol. The number of hydrogen-bond acceptors (Lipinski definition) is 3. The second-order valence-corrected chi connectivity index (χ2v) is 5.73. The van der Waals surface area contributed by atoms with Crippen LogP contribution in [0.3, 0.4) is 0 Å². The number of Topliss-reactive ketones (excluding diaryl/α,β-unsaturated/α-hetero) is 1. The molecule has 1 aromatic rings. The van der Waals surface area contributed by atoms with E-state index in [1.54, 1.807) is 18.2 Å².